The number of nitrogens with zero attached hydrogens (tertiary/aromatic N) is 1. The van der Waals surface area contributed by atoms with Crippen LogP contribution in [0.5, 0.6) is 5.75 Å². The lowest BCUT2D eigenvalue weighted by atomic mass is 10.1. The summed E-state index contributed by atoms with van der Waals surface area (Å²) < 4.78 is 8.10. The van der Waals surface area contributed by atoms with Gasteiger partial charge in [0.2, 0.25) is 0 Å². The first-order valence-electron chi connectivity index (χ1n) is 11.4. The lowest BCUT2D eigenvalue weighted by Gasteiger charge is -2.13. The SMILES string of the molecule is Cc1cccc(CN2C(=O)N/C(=C/c3cc(I)c(OCc4cccc5ccccc45)c(I)c3)C2=O)c1. The van der Waals surface area contributed by atoms with E-state index in [2.05, 4.69) is 74.8 Å². The third-order valence-corrected chi connectivity index (χ3v) is 7.57. The van der Waals surface area contributed by atoms with Crippen molar-refractivity contribution in [1.29, 1.82) is 0 Å². The number of imide groups is 1. The standard InChI is InChI=1S/C29H22I2N2O3/c1-18-6-4-7-19(12-18)16-33-28(34)26(32-29(33)35)15-20-13-24(30)27(25(31)14-20)36-17-22-10-5-9-21-8-2-3-11-23(21)22/h2-15H,16-17H2,1H3,(H,32,35)/b26-15+. The molecule has 1 aliphatic rings. The molecule has 0 spiro atoms. The Kier molecular flexibility index (Phi) is 7.29. The van der Waals surface area contributed by atoms with Crippen molar-refractivity contribution in [3.8, 4) is 5.75 Å². The second-order valence-electron chi connectivity index (χ2n) is 8.61. The molecule has 0 aliphatic carbocycles. The molecule has 1 aliphatic heterocycles. The van der Waals surface area contributed by atoms with E-state index in [1.165, 1.54) is 15.7 Å². The summed E-state index contributed by atoms with van der Waals surface area (Å²) >= 11 is 4.50. The smallest absolute Gasteiger partial charge is 0.329 e. The quantitative estimate of drug-likeness (QED) is 0.134. The zero-order valence-electron chi connectivity index (χ0n) is 19.4. The predicted octanol–water partition coefficient (Wildman–Crippen LogP) is 7.03. The summed E-state index contributed by atoms with van der Waals surface area (Å²) in [5, 5.41) is 5.08. The highest BCUT2D eigenvalue weighted by atomic mass is 127. The first-order valence-corrected chi connectivity index (χ1v) is 13.5. The lowest BCUT2D eigenvalue weighted by Crippen LogP contribution is -2.30. The van der Waals surface area contributed by atoms with Crippen molar-refractivity contribution >= 4 is 74.0 Å². The van der Waals surface area contributed by atoms with Gasteiger partial charge in [-0.25, -0.2) is 4.79 Å². The molecule has 0 atom stereocenters. The second-order valence-corrected chi connectivity index (χ2v) is 10.9. The molecular weight excluding hydrogens is 678 g/mol. The van der Waals surface area contributed by atoms with E-state index in [0.717, 1.165) is 35.1 Å². The first-order chi connectivity index (χ1) is 17.4. The number of halogens is 2. The van der Waals surface area contributed by atoms with Gasteiger partial charge in [0, 0.05) is 0 Å². The van der Waals surface area contributed by atoms with Gasteiger partial charge in [-0.05, 0) is 97.8 Å². The molecule has 4 aromatic carbocycles. The summed E-state index contributed by atoms with van der Waals surface area (Å²) in [5.74, 6) is 0.469. The van der Waals surface area contributed by atoms with Gasteiger partial charge in [-0.1, -0.05) is 72.3 Å². The molecule has 7 heteroatoms. The van der Waals surface area contributed by atoms with Crippen molar-refractivity contribution < 1.29 is 14.3 Å². The van der Waals surface area contributed by atoms with Crippen molar-refractivity contribution in [3.63, 3.8) is 0 Å². The summed E-state index contributed by atoms with van der Waals surface area (Å²) in [6, 6.07) is 25.8. The number of hydrogen-bond acceptors (Lipinski definition) is 3. The number of ether oxygens (including phenoxy) is 1. The van der Waals surface area contributed by atoms with E-state index < -0.39 is 6.03 Å². The molecule has 1 N–H and O–H groups in total. The van der Waals surface area contributed by atoms with Gasteiger partial charge in [-0.2, -0.15) is 0 Å². The number of nitrogens with one attached hydrogen (secondary N) is 1. The Labute approximate surface area is 236 Å². The van der Waals surface area contributed by atoms with Crippen molar-refractivity contribution in [2.45, 2.75) is 20.1 Å². The highest BCUT2D eigenvalue weighted by Crippen LogP contribution is 2.31. The highest BCUT2D eigenvalue weighted by molar-refractivity contribution is 14.1. The third kappa shape index (κ3) is 5.27. The van der Waals surface area contributed by atoms with Gasteiger partial charge >= 0.3 is 6.03 Å². The number of aryl methyl sites for hydroxylation is 1. The minimum atomic E-state index is -0.410. The molecule has 5 nitrogen and oxygen atoms in total. The number of carbonyl (C=O) groups is 2. The van der Waals surface area contributed by atoms with Crippen LogP contribution < -0.4 is 10.1 Å². The Bertz CT molecular complexity index is 1500. The van der Waals surface area contributed by atoms with Crippen molar-refractivity contribution in [2.75, 3.05) is 0 Å². The molecule has 0 bridgehead atoms. The predicted molar refractivity (Wildman–Crippen MR) is 158 cm³/mol. The molecule has 0 aromatic heterocycles. The number of carbonyl (C=O) groups excluding carboxylic acids is 2. The van der Waals surface area contributed by atoms with Crippen LogP contribution in [0.3, 0.4) is 0 Å². The van der Waals surface area contributed by atoms with E-state index in [1.807, 2.05) is 61.5 Å². The third-order valence-electron chi connectivity index (χ3n) is 5.97. The fourth-order valence-corrected chi connectivity index (χ4v) is 6.37. The second kappa shape index (κ2) is 10.6. The normalized spacial score (nSPS) is 14.5. The number of benzene rings is 4. The monoisotopic (exact) mass is 700 g/mol. The van der Waals surface area contributed by atoms with Gasteiger partial charge in [0.05, 0.1) is 13.7 Å². The molecule has 0 radical (unpaired) electrons. The zero-order chi connectivity index (χ0) is 25.2. The lowest BCUT2D eigenvalue weighted by molar-refractivity contribution is -0.123. The average molecular weight is 700 g/mol. The van der Waals surface area contributed by atoms with Gasteiger partial charge in [0.15, 0.2) is 0 Å². The molecule has 1 fully saturated rings. The van der Waals surface area contributed by atoms with Crippen LogP contribution in [-0.2, 0) is 17.9 Å². The fraction of sp³-hybridized carbons (Fsp3) is 0.103. The van der Waals surface area contributed by atoms with Crippen molar-refractivity contribution in [1.82, 2.24) is 10.2 Å². The highest BCUT2D eigenvalue weighted by Gasteiger charge is 2.33. The number of hydrogen-bond donors (Lipinski definition) is 1. The maximum absolute atomic E-state index is 13.0. The van der Waals surface area contributed by atoms with E-state index in [1.54, 1.807) is 6.08 Å². The number of fused-ring (bicyclic) bond motifs is 1. The van der Waals surface area contributed by atoms with Crippen LogP contribution in [0.2, 0.25) is 0 Å². The van der Waals surface area contributed by atoms with Crippen molar-refractivity contribution in [3.05, 3.63) is 114 Å². The van der Waals surface area contributed by atoms with E-state index in [-0.39, 0.29) is 18.1 Å². The molecular formula is C29H22I2N2O3. The van der Waals surface area contributed by atoms with Crippen LogP contribution >= 0.6 is 45.2 Å². The molecule has 5 rings (SSSR count). The van der Waals surface area contributed by atoms with Gasteiger partial charge in [-0.3, -0.25) is 9.69 Å². The molecule has 4 aromatic rings. The van der Waals surface area contributed by atoms with E-state index in [4.69, 9.17) is 4.74 Å². The largest absolute Gasteiger partial charge is 0.487 e. The van der Waals surface area contributed by atoms with E-state index in [9.17, 15) is 9.59 Å². The summed E-state index contributed by atoms with van der Waals surface area (Å²) in [4.78, 5) is 26.7. The Morgan fingerprint density at radius 2 is 1.64 bits per heavy atom. The molecule has 0 saturated carbocycles. The van der Waals surface area contributed by atoms with Crippen LogP contribution in [0.4, 0.5) is 4.79 Å². The topological polar surface area (TPSA) is 58.6 Å². The number of rotatable bonds is 6. The maximum atomic E-state index is 13.0. The Morgan fingerprint density at radius 3 is 2.42 bits per heavy atom. The number of amides is 3. The Hall–Kier alpha value is -2.92. The Balaban J connectivity index is 1.33. The van der Waals surface area contributed by atoms with Gasteiger partial charge in [-0.15, -0.1) is 0 Å². The fourth-order valence-electron chi connectivity index (χ4n) is 4.24. The molecule has 180 valence electrons. The van der Waals surface area contributed by atoms with Crippen LogP contribution in [-0.4, -0.2) is 16.8 Å². The molecule has 1 heterocycles. The van der Waals surface area contributed by atoms with Crippen LogP contribution in [0.15, 0.2) is 84.6 Å². The summed E-state index contributed by atoms with van der Waals surface area (Å²) in [7, 11) is 0. The minimum Gasteiger partial charge on any atom is -0.487 e. The molecule has 1 saturated heterocycles. The molecule has 0 unspecified atom stereocenters. The van der Waals surface area contributed by atoms with Gasteiger partial charge in [0.25, 0.3) is 5.91 Å². The average Bonchev–Trinajstić information content (AvgIpc) is 3.11. The number of urea groups is 1. The van der Waals surface area contributed by atoms with Crippen molar-refractivity contribution in [2.24, 2.45) is 0 Å². The minimum absolute atomic E-state index is 0.236. The molecule has 3 amide bonds. The van der Waals surface area contributed by atoms with E-state index in [0.29, 0.717) is 6.61 Å². The molecule has 36 heavy (non-hydrogen) atoms. The maximum Gasteiger partial charge on any atom is 0.329 e. The van der Waals surface area contributed by atoms with Crippen LogP contribution in [0.1, 0.15) is 22.3 Å². The van der Waals surface area contributed by atoms with Gasteiger partial charge in [0.1, 0.15) is 18.1 Å². The first kappa shape index (κ1) is 24.8. The Morgan fingerprint density at radius 1 is 0.917 bits per heavy atom. The van der Waals surface area contributed by atoms with Crippen LogP contribution in [0, 0.1) is 14.1 Å². The summed E-state index contributed by atoms with van der Waals surface area (Å²) in [6.07, 6.45) is 1.72. The summed E-state index contributed by atoms with van der Waals surface area (Å²) in [6.45, 7) is 2.68. The zero-order valence-corrected chi connectivity index (χ0v) is 23.7. The van der Waals surface area contributed by atoms with Gasteiger partial charge < -0.3 is 10.1 Å². The summed E-state index contributed by atoms with van der Waals surface area (Å²) in [5.41, 5.74) is 4.21. The van der Waals surface area contributed by atoms with Crippen LogP contribution in [0.25, 0.3) is 16.8 Å². The van der Waals surface area contributed by atoms with E-state index >= 15 is 0 Å².